The number of hydrogen-bond donors (Lipinski definition) is 1. The van der Waals surface area contributed by atoms with Crippen LogP contribution in [0.25, 0.3) is 5.76 Å². The summed E-state index contributed by atoms with van der Waals surface area (Å²) in [4.78, 5) is 27.6. The number of amides is 1. The molecule has 0 bridgehead atoms. The molecule has 1 aliphatic heterocycles. The molecule has 0 aromatic heterocycles. The van der Waals surface area contributed by atoms with Gasteiger partial charge in [-0.15, -0.1) is 0 Å². The van der Waals surface area contributed by atoms with Crippen molar-refractivity contribution < 1.29 is 19.4 Å². The number of aliphatic hydroxyl groups is 1. The SMILES string of the molecule is COc1ccc(Cl)cc1/C(O)=C1\C(=O)C(=O)N(c2cccc(Cl)c2)C1c1ccccc1. The molecular formula is C24H17Cl2NO4. The van der Waals surface area contributed by atoms with Gasteiger partial charge in [-0.05, 0) is 42.0 Å². The van der Waals surface area contributed by atoms with Crippen molar-refractivity contribution in [2.75, 3.05) is 12.0 Å². The number of methoxy groups -OCH3 is 1. The summed E-state index contributed by atoms with van der Waals surface area (Å²) in [5.41, 5.74) is 1.27. The molecule has 0 radical (unpaired) electrons. The summed E-state index contributed by atoms with van der Waals surface area (Å²) in [7, 11) is 1.44. The van der Waals surface area contributed by atoms with E-state index in [1.165, 1.54) is 18.1 Å². The number of benzene rings is 3. The normalized spacial score (nSPS) is 17.8. The second-order valence-electron chi connectivity index (χ2n) is 6.90. The average Bonchev–Trinajstić information content (AvgIpc) is 3.04. The molecular weight excluding hydrogens is 437 g/mol. The van der Waals surface area contributed by atoms with Crippen LogP contribution < -0.4 is 9.64 Å². The van der Waals surface area contributed by atoms with Crippen LogP contribution in [0.5, 0.6) is 5.75 Å². The van der Waals surface area contributed by atoms with Gasteiger partial charge in [0.1, 0.15) is 11.5 Å². The minimum absolute atomic E-state index is 0.0586. The van der Waals surface area contributed by atoms with Gasteiger partial charge in [0.15, 0.2) is 0 Å². The Kier molecular flexibility index (Phi) is 5.72. The first-order valence-electron chi connectivity index (χ1n) is 9.38. The molecule has 1 saturated heterocycles. The van der Waals surface area contributed by atoms with Crippen LogP contribution in [0.15, 0.2) is 78.4 Å². The minimum atomic E-state index is -0.858. The largest absolute Gasteiger partial charge is 0.507 e. The molecule has 1 unspecified atom stereocenters. The molecule has 1 aliphatic rings. The van der Waals surface area contributed by atoms with Crippen molar-refractivity contribution in [3.05, 3.63) is 99.5 Å². The van der Waals surface area contributed by atoms with Crippen LogP contribution >= 0.6 is 23.2 Å². The Morgan fingerprint density at radius 1 is 0.935 bits per heavy atom. The first kappa shape index (κ1) is 21.0. The Balaban J connectivity index is 1.99. The highest BCUT2D eigenvalue weighted by atomic mass is 35.5. The molecule has 0 spiro atoms. The predicted molar refractivity (Wildman–Crippen MR) is 121 cm³/mol. The number of nitrogens with zero attached hydrogens (tertiary/aromatic N) is 1. The maximum atomic E-state index is 13.1. The second kappa shape index (κ2) is 8.46. The number of rotatable bonds is 4. The van der Waals surface area contributed by atoms with Gasteiger partial charge < -0.3 is 9.84 Å². The third kappa shape index (κ3) is 3.78. The number of anilines is 1. The summed E-state index contributed by atoms with van der Waals surface area (Å²) in [5.74, 6) is -1.62. The number of hydrogen-bond acceptors (Lipinski definition) is 4. The molecule has 31 heavy (non-hydrogen) atoms. The Hall–Kier alpha value is -3.28. The number of carbonyl (C=O) groups excluding carboxylic acids is 2. The fraction of sp³-hybridized carbons (Fsp3) is 0.0833. The van der Waals surface area contributed by atoms with E-state index in [4.69, 9.17) is 27.9 Å². The summed E-state index contributed by atoms with van der Waals surface area (Å²) in [5, 5.41) is 12.0. The maximum absolute atomic E-state index is 13.1. The summed E-state index contributed by atoms with van der Waals surface area (Å²) in [6.07, 6.45) is 0. The zero-order valence-corrected chi connectivity index (χ0v) is 17.9. The Bertz CT molecular complexity index is 1210. The van der Waals surface area contributed by atoms with Gasteiger partial charge in [-0.1, -0.05) is 59.6 Å². The van der Waals surface area contributed by atoms with Gasteiger partial charge in [-0.25, -0.2) is 0 Å². The lowest BCUT2D eigenvalue weighted by Crippen LogP contribution is -2.29. The monoisotopic (exact) mass is 453 g/mol. The van der Waals surface area contributed by atoms with E-state index in [2.05, 4.69) is 0 Å². The van der Waals surface area contributed by atoms with Crippen LogP contribution in [0.3, 0.4) is 0 Å². The maximum Gasteiger partial charge on any atom is 0.300 e. The predicted octanol–water partition coefficient (Wildman–Crippen LogP) is 5.63. The van der Waals surface area contributed by atoms with Gasteiger partial charge in [0.2, 0.25) is 0 Å². The number of Topliss-reactive ketones (excluding diaryl/α,β-unsaturated/α-hetero) is 1. The fourth-order valence-corrected chi connectivity index (χ4v) is 4.04. The van der Waals surface area contributed by atoms with E-state index in [9.17, 15) is 14.7 Å². The van der Waals surface area contributed by atoms with E-state index < -0.39 is 17.7 Å². The topological polar surface area (TPSA) is 66.8 Å². The van der Waals surface area contributed by atoms with Crippen molar-refractivity contribution in [2.45, 2.75) is 6.04 Å². The van der Waals surface area contributed by atoms with E-state index in [0.29, 0.717) is 27.0 Å². The summed E-state index contributed by atoms with van der Waals surface area (Å²) < 4.78 is 5.33. The van der Waals surface area contributed by atoms with Gasteiger partial charge in [-0.2, -0.15) is 0 Å². The van der Waals surface area contributed by atoms with Crippen LogP contribution in [0.1, 0.15) is 17.2 Å². The summed E-state index contributed by atoms with van der Waals surface area (Å²) in [6.45, 7) is 0. The molecule has 1 heterocycles. The zero-order valence-electron chi connectivity index (χ0n) is 16.4. The van der Waals surface area contributed by atoms with Gasteiger partial charge in [0.05, 0.1) is 24.3 Å². The molecule has 5 nitrogen and oxygen atoms in total. The van der Waals surface area contributed by atoms with E-state index >= 15 is 0 Å². The highest BCUT2D eigenvalue weighted by Gasteiger charge is 2.47. The van der Waals surface area contributed by atoms with Gasteiger partial charge in [0.25, 0.3) is 11.7 Å². The van der Waals surface area contributed by atoms with E-state index in [0.717, 1.165) is 0 Å². The smallest absolute Gasteiger partial charge is 0.300 e. The number of carbonyl (C=O) groups is 2. The van der Waals surface area contributed by atoms with Crippen LogP contribution in [0.2, 0.25) is 10.0 Å². The van der Waals surface area contributed by atoms with E-state index in [1.54, 1.807) is 60.7 Å². The number of halogens is 2. The van der Waals surface area contributed by atoms with Gasteiger partial charge in [0, 0.05) is 15.7 Å². The van der Waals surface area contributed by atoms with Crippen molar-refractivity contribution in [2.24, 2.45) is 0 Å². The third-order valence-corrected chi connectivity index (χ3v) is 5.53. The highest BCUT2D eigenvalue weighted by Crippen LogP contribution is 2.43. The molecule has 156 valence electrons. The first-order chi connectivity index (χ1) is 14.9. The molecule has 1 amide bonds. The first-order valence-corrected chi connectivity index (χ1v) is 10.1. The average molecular weight is 454 g/mol. The molecule has 7 heteroatoms. The molecule has 3 aromatic rings. The molecule has 0 saturated carbocycles. The van der Waals surface area contributed by atoms with Crippen molar-refractivity contribution >= 4 is 46.3 Å². The lowest BCUT2D eigenvalue weighted by molar-refractivity contribution is -0.132. The fourth-order valence-electron chi connectivity index (χ4n) is 3.69. The zero-order chi connectivity index (χ0) is 22.1. The Morgan fingerprint density at radius 2 is 1.65 bits per heavy atom. The molecule has 1 N–H and O–H groups in total. The molecule has 0 aliphatic carbocycles. The second-order valence-corrected chi connectivity index (χ2v) is 7.78. The van der Waals surface area contributed by atoms with Crippen LogP contribution in [0, 0.1) is 0 Å². The lowest BCUT2D eigenvalue weighted by Gasteiger charge is -2.25. The van der Waals surface area contributed by atoms with E-state index in [-0.39, 0.29) is 16.9 Å². The summed E-state index contributed by atoms with van der Waals surface area (Å²) in [6, 6.07) is 19.5. The third-order valence-electron chi connectivity index (χ3n) is 5.06. The quantitative estimate of drug-likeness (QED) is 0.315. The molecule has 3 aromatic carbocycles. The number of ether oxygens (including phenoxy) is 1. The van der Waals surface area contributed by atoms with Crippen molar-refractivity contribution in [3.8, 4) is 5.75 Å². The Labute approximate surface area is 189 Å². The number of ketones is 1. The van der Waals surface area contributed by atoms with Crippen LogP contribution in [-0.2, 0) is 9.59 Å². The van der Waals surface area contributed by atoms with Gasteiger partial charge in [-0.3, -0.25) is 14.5 Å². The van der Waals surface area contributed by atoms with E-state index in [1.807, 2.05) is 6.07 Å². The van der Waals surface area contributed by atoms with Crippen molar-refractivity contribution in [3.63, 3.8) is 0 Å². The number of aliphatic hydroxyl groups excluding tert-OH is 1. The Morgan fingerprint density at radius 3 is 2.32 bits per heavy atom. The molecule has 1 fully saturated rings. The minimum Gasteiger partial charge on any atom is -0.507 e. The van der Waals surface area contributed by atoms with Crippen LogP contribution in [0.4, 0.5) is 5.69 Å². The highest BCUT2D eigenvalue weighted by molar-refractivity contribution is 6.52. The van der Waals surface area contributed by atoms with Crippen LogP contribution in [-0.4, -0.2) is 23.9 Å². The van der Waals surface area contributed by atoms with Gasteiger partial charge >= 0.3 is 0 Å². The van der Waals surface area contributed by atoms with Crippen molar-refractivity contribution in [1.82, 2.24) is 0 Å². The lowest BCUT2D eigenvalue weighted by atomic mass is 9.95. The molecule has 1 atom stereocenters. The molecule has 4 rings (SSSR count). The summed E-state index contributed by atoms with van der Waals surface area (Å²) >= 11 is 12.3. The van der Waals surface area contributed by atoms with Crippen molar-refractivity contribution in [1.29, 1.82) is 0 Å². The standard InChI is InChI=1S/C24H17Cl2NO4/c1-31-19-11-10-16(26)13-18(19)22(28)20-21(14-6-3-2-4-7-14)27(24(30)23(20)29)17-9-5-8-15(25)12-17/h2-13,21,28H,1H3/b22-20+.